The molecule has 3 heterocycles. The fourth-order valence-electron chi connectivity index (χ4n) is 2.92. The lowest BCUT2D eigenvalue weighted by Crippen LogP contribution is -2.34. The van der Waals surface area contributed by atoms with E-state index in [1.165, 1.54) is 9.80 Å². The zero-order valence-corrected chi connectivity index (χ0v) is 15.3. The number of anilines is 1. The van der Waals surface area contributed by atoms with Gasteiger partial charge in [-0.05, 0) is 30.3 Å². The van der Waals surface area contributed by atoms with Gasteiger partial charge in [0.15, 0.2) is 5.65 Å². The number of amides is 2. The summed E-state index contributed by atoms with van der Waals surface area (Å²) in [6, 6.07) is 14.0. The van der Waals surface area contributed by atoms with Crippen molar-refractivity contribution in [3.05, 3.63) is 64.8 Å². The number of fused-ring (bicyclic) bond motifs is 2. The second-order valence-electron chi connectivity index (χ2n) is 6.24. The van der Waals surface area contributed by atoms with Crippen molar-refractivity contribution >= 4 is 40.5 Å². The van der Waals surface area contributed by atoms with Gasteiger partial charge in [-0.25, -0.2) is 14.8 Å². The second kappa shape index (κ2) is 6.51. The number of halogens is 1. The van der Waals surface area contributed by atoms with Crippen LogP contribution < -0.4 is 4.90 Å². The maximum Gasteiger partial charge on any atom is 0.411 e. The van der Waals surface area contributed by atoms with E-state index in [4.69, 9.17) is 16.3 Å². The van der Waals surface area contributed by atoms with E-state index in [9.17, 15) is 9.59 Å². The summed E-state index contributed by atoms with van der Waals surface area (Å²) in [5.74, 6) is 0.0334. The number of carbonyl (C=O) groups is 2. The van der Waals surface area contributed by atoms with Crippen LogP contribution in [0.25, 0.3) is 11.0 Å². The summed E-state index contributed by atoms with van der Waals surface area (Å²) in [5, 5.41) is 1.09. The quantitative estimate of drug-likeness (QED) is 0.632. The lowest BCUT2D eigenvalue weighted by atomic mass is 10.1. The number of rotatable bonds is 2. The van der Waals surface area contributed by atoms with E-state index in [2.05, 4.69) is 9.97 Å². The normalized spacial score (nSPS) is 15.7. The zero-order valence-electron chi connectivity index (χ0n) is 14.6. The lowest BCUT2D eigenvalue weighted by Gasteiger charge is -2.25. The third-order valence-electron chi connectivity index (χ3n) is 4.24. The first-order valence-corrected chi connectivity index (χ1v) is 8.57. The van der Waals surface area contributed by atoms with Crippen LogP contribution in [0.4, 0.5) is 10.6 Å². The first kappa shape index (κ1) is 17.2. The van der Waals surface area contributed by atoms with Gasteiger partial charge in [0.25, 0.3) is 5.91 Å². The van der Waals surface area contributed by atoms with Crippen LogP contribution in [-0.2, 0) is 4.74 Å². The number of nitrogens with zero attached hydrogens (tertiary/aromatic N) is 4. The van der Waals surface area contributed by atoms with Crippen molar-refractivity contribution in [2.24, 2.45) is 0 Å². The molecule has 27 heavy (non-hydrogen) atoms. The van der Waals surface area contributed by atoms with E-state index in [0.29, 0.717) is 27.7 Å². The van der Waals surface area contributed by atoms with Crippen LogP contribution in [0.5, 0.6) is 0 Å². The minimum Gasteiger partial charge on any atom is -0.420 e. The topological polar surface area (TPSA) is 75.6 Å². The molecule has 8 heteroatoms. The Labute approximate surface area is 160 Å². The second-order valence-corrected chi connectivity index (χ2v) is 6.63. The monoisotopic (exact) mass is 382 g/mol. The van der Waals surface area contributed by atoms with Gasteiger partial charge in [0.1, 0.15) is 11.0 Å². The van der Waals surface area contributed by atoms with Crippen molar-refractivity contribution in [1.29, 1.82) is 0 Å². The van der Waals surface area contributed by atoms with Crippen LogP contribution in [0.3, 0.4) is 0 Å². The van der Waals surface area contributed by atoms with E-state index >= 15 is 0 Å². The molecule has 1 aromatic carbocycles. The molecule has 7 nitrogen and oxygen atoms in total. The number of benzene rings is 1. The van der Waals surface area contributed by atoms with Crippen LogP contribution >= 0.6 is 11.6 Å². The molecule has 136 valence electrons. The van der Waals surface area contributed by atoms with Crippen molar-refractivity contribution in [3.8, 4) is 0 Å². The van der Waals surface area contributed by atoms with E-state index in [1.54, 1.807) is 62.6 Å². The average molecular weight is 383 g/mol. The van der Waals surface area contributed by atoms with Gasteiger partial charge in [0, 0.05) is 30.6 Å². The molecule has 0 bridgehead atoms. The first-order chi connectivity index (χ1) is 13.0. The smallest absolute Gasteiger partial charge is 0.411 e. The molecule has 0 saturated heterocycles. The Bertz CT molecular complexity index is 1070. The largest absolute Gasteiger partial charge is 0.420 e. The van der Waals surface area contributed by atoms with E-state index in [0.717, 1.165) is 5.39 Å². The van der Waals surface area contributed by atoms with Gasteiger partial charge in [-0.2, -0.15) is 0 Å². The van der Waals surface area contributed by atoms with Crippen LogP contribution in [0.1, 0.15) is 22.1 Å². The van der Waals surface area contributed by atoms with Gasteiger partial charge in [-0.15, -0.1) is 0 Å². The summed E-state index contributed by atoms with van der Waals surface area (Å²) in [4.78, 5) is 36.5. The predicted octanol–water partition coefficient (Wildman–Crippen LogP) is 3.64. The van der Waals surface area contributed by atoms with Crippen molar-refractivity contribution in [1.82, 2.24) is 14.9 Å². The number of ether oxygens (including phenoxy) is 1. The van der Waals surface area contributed by atoms with Gasteiger partial charge < -0.3 is 9.64 Å². The number of aromatic nitrogens is 2. The fourth-order valence-corrected chi connectivity index (χ4v) is 3.07. The molecule has 0 saturated carbocycles. The Morgan fingerprint density at radius 1 is 1.11 bits per heavy atom. The molecule has 1 aliphatic rings. The molecule has 2 amide bonds. The van der Waals surface area contributed by atoms with Crippen molar-refractivity contribution in [2.75, 3.05) is 19.0 Å². The van der Waals surface area contributed by atoms with Gasteiger partial charge >= 0.3 is 6.09 Å². The Morgan fingerprint density at radius 2 is 1.85 bits per heavy atom. The highest BCUT2D eigenvalue weighted by Crippen LogP contribution is 2.38. The van der Waals surface area contributed by atoms with Gasteiger partial charge in [0.05, 0.1) is 0 Å². The standard InChI is InChI=1S/C19H15ClN4O3/c1-23(2)19(26)27-18-13-6-4-3-5-12(13)17(25)24(18)15-10-8-11-7-9-14(20)21-16(11)22-15/h3-10,18H,1-2H3. The minimum atomic E-state index is -0.910. The summed E-state index contributed by atoms with van der Waals surface area (Å²) in [6.45, 7) is 0. The molecule has 4 rings (SSSR count). The minimum absolute atomic E-state index is 0.295. The Kier molecular flexibility index (Phi) is 4.16. The van der Waals surface area contributed by atoms with Gasteiger partial charge in [0.2, 0.25) is 6.23 Å². The third kappa shape index (κ3) is 2.96. The molecule has 1 atom stereocenters. The molecule has 1 unspecified atom stereocenters. The summed E-state index contributed by atoms with van der Waals surface area (Å²) < 4.78 is 5.58. The molecule has 3 aromatic rings. The molecule has 2 aromatic heterocycles. The van der Waals surface area contributed by atoms with Gasteiger partial charge in [-0.3, -0.25) is 9.69 Å². The van der Waals surface area contributed by atoms with Crippen molar-refractivity contribution < 1.29 is 14.3 Å². The molecular weight excluding hydrogens is 368 g/mol. The molecule has 0 fully saturated rings. The van der Waals surface area contributed by atoms with Crippen molar-refractivity contribution in [3.63, 3.8) is 0 Å². The number of pyridine rings is 2. The van der Waals surface area contributed by atoms with E-state index in [1.807, 2.05) is 0 Å². The van der Waals surface area contributed by atoms with E-state index in [-0.39, 0.29) is 5.91 Å². The molecule has 1 aliphatic heterocycles. The summed E-state index contributed by atoms with van der Waals surface area (Å²) >= 11 is 5.96. The molecule has 0 spiro atoms. The first-order valence-electron chi connectivity index (χ1n) is 8.19. The Balaban J connectivity index is 1.82. The number of carbonyl (C=O) groups excluding carboxylic acids is 2. The van der Waals surface area contributed by atoms with Gasteiger partial charge in [-0.1, -0.05) is 29.8 Å². The maximum absolute atomic E-state index is 13.0. The summed E-state index contributed by atoms with van der Waals surface area (Å²) in [7, 11) is 3.16. The summed E-state index contributed by atoms with van der Waals surface area (Å²) in [6.07, 6.45) is -1.47. The lowest BCUT2D eigenvalue weighted by molar-refractivity contribution is 0.0699. The summed E-state index contributed by atoms with van der Waals surface area (Å²) in [5.41, 5.74) is 1.48. The molecule has 0 aliphatic carbocycles. The van der Waals surface area contributed by atoms with Crippen LogP contribution in [0.2, 0.25) is 5.15 Å². The highest BCUT2D eigenvalue weighted by molar-refractivity contribution is 6.29. The van der Waals surface area contributed by atoms with Crippen LogP contribution in [0, 0.1) is 0 Å². The molecule has 0 radical (unpaired) electrons. The Morgan fingerprint density at radius 3 is 2.63 bits per heavy atom. The zero-order chi connectivity index (χ0) is 19.1. The highest BCUT2D eigenvalue weighted by Gasteiger charge is 2.41. The average Bonchev–Trinajstić information content (AvgIpc) is 2.93. The number of hydrogen-bond acceptors (Lipinski definition) is 5. The Hall–Kier alpha value is -3.19. The molecular formula is C19H15ClN4O3. The number of hydrogen-bond donors (Lipinski definition) is 0. The molecule has 0 N–H and O–H groups in total. The van der Waals surface area contributed by atoms with E-state index < -0.39 is 12.3 Å². The van der Waals surface area contributed by atoms with Crippen LogP contribution in [0.15, 0.2) is 48.5 Å². The predicted molar refractivity (Wildman–Crippen MR) is 101 cm³/mol. The highest BCUT2D eigenvalue weighted by atomic mass is 35.5. The third-order valence-corrected chi connectivity index (χ3v) is 4.45. The fraction of sp³-hybridized carbons (Fsp3) is 0.158. The van der Waals surface area contributed by atoms with Crippen molar-refractivity contribution in [2.45, 2.75) is 6.23 Å². The SMILES string of the molecule is CN(C)C(=O)OC1c2ccccc2C(=O)N1c1ccc2ccc(Cl)nc2n1. The van der Waals surface area contributed by atoms with Crippen LogP contribution in [-0.4, -0.2) is 41.0 Å². The maximum atomic E-state index is 13.0.